The molecule has 3 nitrogen and oxygen atoms in total. The summed E-state index contributed by atoms with van der Waals surface area (Å²) >= 11 is 0. The van der Waals surface area contributed by atoms with Crippen LogP contribution in [0.1, 0.15) is 39.0 Å². The van der Waals surface area contributed by atoms with Gasteiger partial charge in [-0.25, -0.2) is 0 Å². The average Bonchev–Trinajstić information content (AvgIpc) is 2.68. The molecule has 3 heterocycles. The van der Waals surface area contributed by atoms with Gasteiger partial charge in [0.15, 0.2) is 0 Å². The minimum absolute atomic E-state index is 0.0756. The standard InChI is InChI=1S/C13H21NO2/c1-2-16-13(15)12-9-5-3-4-8-14-10(9)6-7-11(12)14/h9-12H,2-8H2,1H3. The number of rotatable bonds is 2. The van der Waals surface area contributed by atoms with E-state index in [-0.39, 0.29) is 11.9 Å². The van der Waals surface area contributed by atoms with Crippen LogP contribution in [0.4, 0.5) is 0 Å². The van der Waals surface area contributed by atoms with Crippen LogP contribution in [-0.4, -0.2) is 36.1 Å². The number of carbonyl (C=O) groups excluding carboxylic acids is 1. The molecule has 90 valence electrons. The topological polar surface area (TPSA) is 29.5 Å². The molecule has 0 saturated carbocycles. The zero-order chi connectivity index (χ0) is 11.1. The first-order chi connectivity index (χ1) is 7.83. The van der Waals surface area contributed by atoms with Crippen molar-refractivity contribution in [2.24, 2.45) is 11.8 Å². The molecular formula is C13H21NO2. The monoisotopic (exact) mass is 223 g/mol. The van der Waals surface area contributed by atoms with Crippen molar-refractivity contribution < 1.29 is 9.53 Å². The van der Waals surface area contributed by atoms with E-state index in [1.807, 2.05) is 6.92 Å². The van der Waals surface area contributed by atoms with Crippen LogP contribution in [0.5, 0.6) is 0 Å². The molecule has 3 aliphatic heterocycles. The van der Waals surface area contributed by atoms with Gasteiger partial charge in [-0.1, -0.05) is 6.42 Å². The first-order valence-electron chi connectivity index (χ1n) is 6.75. The Morgan fingerprint density at radius 2 is 2.06 bits per heavy atom. The summed E-state index contributed by atoms with van der Waals surface area (Å²) in [6.45, 7) is 3.64. The van der Waals surface area contributed by atoms with Crippen molar-refractivity contribution in [1.82, 2.24) is 4.90 Å². The van der Waals surface area contributed by atoms with Gasteiger partial charge in [-0.3, -0.25) is 9.69 Å². The van der Waals surface area contributed by atoms with E-state index < -0.39 is 0 Å². The fourth-order valence-electron chi connectivity index (χ4n) is 4.24. The molecule has 5 unspecified atom stereocenters. The van der Waals surface area contributed by atoms with E-state index in [0.717, 1.165) is 0 Å². The number of nitrogens with zero attached hydrogens (tertiary/aromatic N) is 1. The van der Waals surface area contributed by atoms with Crippen molar-refractivity contribution >= 4 is 5.97 Å². The summed E-state index contributed by atoms with van der Waals surface area (Å²) in [4.78, 5) is 14.7. The first-order valence-corrected chi connectivity index (χ1v) is 6.75. The largest absolute Gasteiger partial charge is 0.466 e. The number of carbonyl (C=O) groups is 1. The highest BCUT2D eigenvalue weighted by Gasteiger charge is 2.56. The molecule has 16 heavy (non-hydrogen) atoms. The molecule has 0 aromatic heterocycles. The van der Waals surface area contributed by atoms with E-state index in [1.54, 1.807) is 0 Å². The molecule has 3 rings (SSSR count). The molecule has 3 fully saturated rings. The molecule has 0 amide bonds. The average molecular weight is 223 g/mol. The maximum atomic E-state index is 12.0. The molecular weight excluding hydrogens is 202 g/mol. The predicted molar refractivity (Wildman–Crippen MR) is 61.0 cm³/mol. The normalized spacial score (nSPS) is 45.4. The smallest absolute Gasteiger partial charge is 0.310 e. The van der Waals surface area contributed by atoms with Crippen LogP contribution >= 0.6 is 0 Å². The summed E-state index contributed by atoms with van der Waals surface area (Å²) in [7, 11) is 0. The Hall–Kier alpha value is -0.570. The molecule has 0 radical (unpaired) electrons. The van der Waals surface area contributed by atoms with Crippen molar-refractivity contribution in [3.8, 4) is 0 Å². The van der Waals surface area contributed by atoms with Gasteiger partial charge >= 0.3 is 5.97 Å². The van der Waals surface area contributed by atoms with Gasteiger partial charge in [0.2, 0.25) is 0 Å². The molecule has 3 aliphatic rings. The van der Waals surface area contributed by atoms with E-state index >= 15 is 0 Å². The fourth-order valence-corrected chi connectivity index (χ4v) is 4.24. The Morgan fingerprint density at radius 1 is 1.25 bits per heavy atom. The molecule has 0 aromatic carbocycles. The summed E-state index contributed by atoms with van der Waals surface area (Å²) in [6, 6.07) is 1.20. The van der Waals surface area contributed by atoms with Gasteiger partial charge in [0.25, 0.3) is 0 Å². The Labute approximate surface area is 97.1 Å². The molecule has 5 atom stereocenters. The Kier molecular flexibility index (Phi) is 2.66. The predicted octanol–water partition coefficient (Wildman–Crippen LogP) is 1.81. The van der Waals surface area contributed by atoms with E-state index in [4.69, 9.17) is 4.74 Å². The van der Waals surface area contributed by atoms with Crippen LogP contribution in [0.15, 0.2) is 0 Å². The number of hydrogen-bond donors (Lipinski definition) is 0. The van der Waals surface area contributed by atoms with Gasteiger partial charge in [0.1, 0.15) is 0 Å². The van der Waals surface area contributed by atoms with Crippen molar-refractivity contribution in [3.05, 3.63) is 0 Å². The summed E-state index contributed by atoms with van der Waals surface area (Å²) in [5, 5.41) is 0. The van der Waals surface area contributed by atoms with Crippen LogP contribution in [0, 0.1) is 11.8 Å². The minimum atomic E-state index is 0.0756. The summed E-state index contributed by atoms with van der Waals surface area (Å²) < 4.78 is 5.26. The molecule has 0 spiro atoms. The van der Waals surface area contributed by atoms with Gasteiger partial charge in [-0.15, -0.1) is 0 Å². The van der Waals surface area contributed by atoms with Crippen molar-refractivity contribution in [2.45, 2.75) is 51.1 Å². The third-order valence-corrected chi connectivity index (χ3v) is 4.74. The first kappa shape index (κ1) is 10.6. The summed E-state index contributed by atoms with van der Waals surface area (Å²) in [5.74, 6) is 0.867. The molecule has 0 N–H and O–H groups in total. The SMILES string of the molecule is CCOC(=O)C1C2CCCCN3C2CCC13. The number of ether oxygens (including phenoxy) is 1. The fraction of sp³-hybridized carbons (Fsp3) is 0.923. The highest BCUT2D eigenvalue weighted by atomic mass is 16.5. The summed E-state index contributed by atoms with van der Waals surface area (Å²) in [5.41, 5.74) is 0. The maximum Gasteiger partial charge on any atom is 0.310 e. The van der Waals surface area contributed by atoms with Gasteiger partial charge in [0.05, 0.1) is 12.5 Å². The summed E-state index contributed by atoms with van der Waals surface area (Å²) in [6.07, 6.45) is 6.37. The Balaban J connectivity index is 1.82. The zero-order valence-electron chi connectivity index (χ0n) is 10.0. The van der Waals surface area contributed by atoms with Gasteiger partial charge in [-0.05, 0) is 45.1 Å². The van der Waals surface area contributed by atoms with Crippen molar-refractivity contribution in [3.63, 3.8) is 0 Å². The van der Waals surface area contributed by atoms with Crippen LogP contribution in [0.2, 0.25) is 0 Å². The molecule has 4 bridgehead atoms. The lowest BCUT2D eigenvalue weighted by atomic mass is 9.77. The lowest BCUT2D eigenvalue weighted by Crippen LogP contribution is -2.36. The number of esters is 1. The van der Waals surface area contributed by atoms with Crippen LogP contribution < -0.4 is 0 Å². The van der Waals surface area contributed by atoms with E-state index in [0.29, 0.717) is 24.6 Å². The van der Waals surface area contributed by atoms with Gasteiger partial charge < -0.3 is 4.74 Å². The highest BCUT2D eigenvalue weighted by molar-refractivity contribution is 5.74. The molecule has 3 heteroatoms. The zero-order valence-corrected chi connectivity index (χ0v) is 10.0. The van der Waals surface area contributed by atoms with Crippen LogP contribution in [-0.2, 0) is 9.53 Å². The van der Waals surface area contributed by atoms with E-state index in [2.05, 4.69) is 4.90 Å². The van der Waals surface area contributed by atoms with Crippen LogP contribution in [0.25, 0.3) is 0 Å². The van der Waals surface area contributed by atoms with Gasteiger partial charge in [0, 0.05) is 12.1 Å². The minimum Gasteiger partial charge on any atom is -0.466 e. The highest BCUT2D eigenvalue weighted by Crippen LogP contribution is 2.49. The Morgan fingerprint density at radius 3 is 2.88 bits per heavy atom. The maximum absolute atomic E-state index is 12.0. The van der Waals surface area contributed by atoms with Crippen molar-refractivity contribution in [2.75, 3.05) is 13.2 Å². The van der Waals surface area contributed by atoms with Gasteiger partial charge in [-0.2, -0.15) is 0 Å². The third kappa shape index (κ3) is 1.41. The quantitative estimate of drug-likeness (QED) is 0.669. The van der Waals surface area contributed by atoms with Crippen LogP contribution in [0.3, 0.4) is 0 Å². The van der Waals surface area contributed by atoms with Crippen molar-refractivity contribution in [1.29, 1.82) is 0 Å². The lowest BCUT2D eigenvalue weighted by Gasteiger charge is -2.28. The second-order valence-corrected chi connectivity index (χ2v) is 5.39. The Bertz CT molecular complexity index is 292. The van der Waals surface area contributed by atoms with E-state index in [1.165, 1.54) is 38.6 Å². The number of hydrogen-bond acceptors (Lipinski definition) is 3. The second-order valence-electron chi connectivity index (χ2n) is 5.39. The third-order valence-electron chi connectivity index (χ3n) is 4.74. The molecule has 0 aromatic rings. The lowest BCUT2D eigenvalue weighted by molar-refractivity contribution is -0.151. The van der Waals surface area contributed by atoms with E-state index in [9.17, 15) is 4.79 Å². The molecule has 0 aliphatic carbocycles. The second kappa shape index (κ2) is 4.02. The molecule has 3 saturated heterocycles.